The second-order valence-electron chi connectivity index (χ2n) is 8.15. The highest BCUT2D eigenvalue weighted by Crippen LogP contribution is 2.35. The van der Waals surface area contributed by atoms with Gasteiger partial charge in [0, 0.05) is 28.9 Å². The normalized spacial score (nSPS) is 13.7. The molecule has 0 fully saturated rings. The Morgan fingerprint density at radius 1 is 1.11 bits per heavy atom. The Hall–Kier alpha value is -4.08. The van der Waals surface area contributed by atoms with Crippen molar-refractivity contribution in [3.8, 4) is 22.0 Å². The van der Waals surface area contributed by atoms with Crippen molar-refractivity contribution in [2.45, 2.75) is 13.8 Å². The highest BCUT2D eigenvalue weighted by molar-refractivity contribution is 7.13. The first kappa shape index (κ1) is 22.7. The lowest BCUT2D eigenvalue weighted by Crippen LogP contribution is -2.27. The van der Waals surface area contributed by atoms with Crippen molar-refractivity contribution >= 4 is 40.5 Å². The number of aryl methyl sites for hydroxylation is 1. The molecule has 176 valence electrons. The van der Waals surface area contributed by atoms with Gasteiger partial charge in [0.15, 0.2) is 0 Å². The zero-order valence-corrected chi connectivity index (χ0v) is 20.0. The molecule has 0 spiro atoms. The lowest BCUT2D eigenvalue weighted by molar-refractivity contribution is -0.110. The van der Waals surface area contributed by atoms with Crippen LogP contribution in [0.15, 0.2) is 47.8 Å². The Labute approximate surface area is 205 Å². The highest BCUT2D eigenvalue weighted by atomic mass is 32.1. The highest BCUT2D eigenvalue weighted by Gasteiger charge is 2.28. The monoisotopic (exact) mass is 485 g/mol. The Kier molecular flexibility index (Phi) is 6.02. The van der Waals surface area contributed by atoms with Crippen LogP contribution in [0.25, 0.3) is 33.6 Å². The molecule has 0 unspecified atom stereocenters. The zero-order valence-electron chi connectivity index (χ0n) is 19.2. The predicted molar refractivity (Wildman–Crippen MR) is 137 cm³/mol. The molecular weight excluding hydrogens is 462 g/mol. The van der Waals surface area contributed by atoms with E-state index >= 15 is 0 Å². The first-order valence-corrected chi connectivity index (χ1v) is 12.0. The van der Waals surface area contributed by atoms with Crippen LogP contribution in [0.1, 0.15) is 33.0 Å². The molecule has 4 aromatic rings. The molecule has 3 aromatic heterocycles. The average Bonchev–Trinajstić information content (AvgIpc) is 3.54. The molecule has 0 aliphatic carbocycles. The molecule has 1 aliphatic heterocycles. The number of carbonyl (C=O) groups excluding carboxylic acids is 2. The lowest BCUT2D eigenvalue weighted by Gasteiger charge is -2.04. The SMILES string of the molecule is Cc1[nH]c(C=C2C(=O)Nc3ccc(-c4csc(-c5ccccc5)n4)nc32)c(C)c1C(=O)NCCO. The first-order chi connectivity index (χ1) is 17.0. The van der Waals surface area contributed by atoms with E-state index in [-0.39, 0.29) is 25.0 Å². The van der Waals surface area contributed by atoms with Crippen LogP contribution in [0.4, 0.5) is 5.69 Å². The fourth-order valence-corrected chi connectivity index (χ4v) is 4.92. The molecular formula is C26H23N5O3S. The molecule has 9 heteroatoms. The molecule has 4 heterocycles. The number of fused-ring (bicyclic) bond motifs is 1. The summed E-state index contributed by atoms with van der Waals surface area (Å²) in [7, 11) is 0. The van der Waals surface area contributed by atoms with Crippen molar-refractivity contribution in [2.75, 3.05) is 18.5 Å². The minimum atomic E-state index is -0.274. The predicted octanol–water partition coefficient (Wildman–Crippen LogP) is 4.03. The summed E-state index contributed by atoms with van der Waals surface area (Å²) in [6.45, 7) is 3.66. The number of benzene rings is 1. The van der Waals surface area contributed by atoms with E-state index in [1.54, 1.807) is 24.3 Å². The number of pyridine rings is 1. The largest absolute Gasteiger partial charge is 0.395 e. The number of thiazole rings is 1. The first-order valence-electron chi connectivity index (χ1n) is 11.1. The summed E-state index contributed by atoms with van der Waals surface area (Å²) < 4.78 is 0. The molecule has 5 rings (SSSR count). The van der Waals surface area contributed by atoms with Gasteiger partial charge in [0.05, 0.1) is 29.1 Å². The minimum absolute atomic E-state index is 0.137. The van der Waals surface area contributed by atoms with Crippen LogP contribution in [0.3, 0.4) is 0 Å². The molecule has 0 bridgehead atoms. The Bertz CT molecular complexity index is 1470. The van der Waals surface area contributed by atoms with Gasteiger partial charge in [-0.3, -0.25) is 9.59 Å². The van der Waals surface area contributed by atoms with E-state index in [2.05, 4.69) is 15.6 Å². The second-order valence-corrected chi connectivity index (χ2v) is 9.01. The third kappa shape index (κ3) is 4.27. The number of carbonyl (C=O) groups is 2. The smallest absolute Gasteiger partial charge is 0.258 e. The number of nitrogens with zero attached hydrogens (tertiary/aromatic N) is 2. The zero-order chi connectivity index (χ0) is 24.5. The number of anilines is 1. The van der Waals surface area contributed by atoms with Crippen LogP contribution >= 0.6 is 11.3 Å². The topological polar surface area (TPSA) is 120 Å². The fourth-order valence-electron chi connectivity index (χ4n) is 4.11. The van der Waals surface area contributed by atoms with E-state index in [0.717, 1.165) is 21.8 Å². The molecule has 1 aromatic carbocycles. The van der Waals surface area contributed by atoms with Crippen molar-refractivity contribution in [3.05, 3.63) is 76.1 Å². The lowest BCUT2D eigenvalue weighted by atomic mass is 10.1. The molecule has 0 atom stereocenters. The maximum absolute atomic E-state index is 12.8. The van der Waals surface area contributed by atoms with Crippen LogP contribution in [-0.2, 0) is 4.79 Å². The van der Waals surface area contributed by atoms with Gasteiger partial charge in [0.1, 0.15) is 16.4 Å². The number of nitrogens with one attached hydrogen (secondary N) is 3. The van der Waals surface area contributed by atoms with Gasteiger partial charge in [0.25, 0.3) is 11.8 Å². The number of aliphatic hydroxyl groups excluding tert-OH is 1. The molecule has 0 saturated carbocycles. The summed E-state index contributed by atoms with van der Waals surface area (Å²) >= 11 is 1.54. The van der Waals surface area contributed by atoms with Gasteiger partial charge in [-0.1, -0.05) is 30.3 Å². The number of hydrogen-bond acceptors (Lipinski definition) is 6. The van der Waals surface area contributed by atoms with Gasteiger partial charge in [-0.05, 0) is 37.6 Å². The minimum Gasteiger partial charge on any atom is -0.395 e. The summed E-state index contributed by atoms with van der Waals surface area (Å²) in [4.78, 5) is 38.0. The molecule has 8 nitrogen and oxygen atoms in total. The van der Waals surface area contributed by atoms with Crippen molar-refractivity contribution in [3.63, 3.8) is 0 Å². The van der Waals surface area contributed by atoms with Crippen LogP contribution < -0.4 is 10.6 Å². The van der Waals surface area contributed by atoms with Gasteiger partial charge in [-0.2, -0.15) is 0 Å². The third-order valence-corrected chi connectivity index (χ3v) is 6.71. The third-order valence-electron chi connectivity index (χ3n) is 5.82. The standard InChI is InChI=1S/C26H23N5O3S/c1-14-20(28-15(2)22(14)25(34)27-10-11-32)12-17-23-19(30-24(17)33)9-8-18(29-23)21-13-35-26(31-21)16-6-4-3-5-7-16/h3-9,12-13,28,32H,10-11H2,1-2H3,(H,27,34)(H,30,33). The number of hydrogen-bond donors (Lipinski definition) is 4. The van der Waals surface area contributed by atoms with Crippen molar-refractivity contribution in [1.82, 2.24) is 20.3 Å². The molecule has 0 radical (unpaired) electrons. The Morgan fingerprint density at radius 2 is 1.91 bits per heavy atom. The number of aromatic amines is 1. The van der Waals surface area contributed by atoms with Gasteiger partial charge in [-0.15, -0.1) is 11.3 Å². The number of H-pyrrole nitrogens is 1. The van der Waals surface area contributed by atoms with Crippen LogP contribution in [0.5, 0.6) is 0 Å². The second kappa shape index (κ2) is 9.28. The van der Waals surface area contributed by atoms with Gasteiger partial charge >= 0.3 is 0 Å². The maximum Gasteiger partial charge on any atom is 0.258 e. The number of aliphatic hydroxyl groups is 1. The van der Waals surface area contributed by atoms with Crippen LogP contribution in [-0.4, -0.2) is 45.0 Å². The van der Waals surface area contributed by atoms with E-state index in [1.165, 1.54) is 0 Å². The van der Waals surface area contributed by atoms with Crippen LogP contribution in [0.2, 0.25) is 0 Å². The van der Waals surface area contributed by atoms with Crippen molar-refractivity contribution < 1.29 is 14.7 Å². The van der Waals surface area contributed by atoms with E-state index in [4.69, 9.17) is 15.1 Å². The number of aromatic nitrogens is 3. The van der Waals surface area contributed by atoms with Gasteiger partial charge < -0.3 is 20.7 Å². The Morgan fingerprint density at radius 3 is 2.69 bits per heavy atom. The Balaban J connectivity index is 1.50. The van der Waals surface area contributed by atoms with Crippen molar-refractivity contribution in [1.29, 1.82) is 0 Å². The quantitative estimate of drug-likeness (QED) is 0.307. The van der Waals surface area contributed by atoms with Crippen LogP contribution in [0, 0.1) is 13.8 Å². The summed E-state index contributed by atoms with van der Waals surface area (Å²) in [6.07, 6.45) is 1.72. The summed E-state index contributed by atoms with van der Waals surface area (Å²) in [5.74, 6) is -0.532. The number of amides is 2. The number of rotatable bonds is 6. The fraction of sp³-hybridized carbons (Fsp3) is 0.154. The average molecular weight is 486 g/mol. The summed E-state index contributed by atoms with van der Waals surface area (Å²) in [5.41, 5.74) is 6.59. The molecule has 0 saturated heterocycles. The summed E-state index contributed by atoms with van der Waals surface area (Å²) in [5, 5.41) is 17.4. The van der Waals surface area contributed by atoms with E-state index < -0.39 is 0 Å². The molecule has 1 aliphatic rings. The molecule has 35 heavy (non-hydrogen) atoms. The van der Waals surface area contributed by atoms with Gasteiger partial charge in [-0.25, -0.2) is 9.97 Å². The maximum atomic E-state index is 12.8. The van der Waals surface area contributed by atoms with Gasteiger partial charge in [0.2, 0.25) is 0 Å². The summed E-state index contributed by atoms with van der Waals surface area (Å²) in [6, 6.07) is 13.6. The van der Waals surface area contributed by atoms with E-state index in [0.29, 0.717) is 39.6 Å². The van der Waals surface area contributed by atoms with E-state index in [1.807, 2.05) is 54.8 Å². The van der Waals surface area contributed by atoms with Crippen molar-refractivity contribution in [2.24, 2.45) is 0 Å². The molecule has 4 N–H and O–H groups in total. The van der Waals surface area contributed by atoms with E-state index in [9.17, 15) is 9.59 Å². The molecule has 2 amide bonds.